The summed E-state index contributed by atoms with van der Waals surface area (Å²) in [6.07, 6.45) is 0. The van der Waals surface area contributed by atoms with Gasteiger partial charge in [-0.25, -0.2) is 0 Å². The Kier molecular flexibility index (Phi) is 2.18. The standard InChI is InChI=1S/C6H2Cl2N2O/c7-4-1-3(2-9)5(8)10-6(4)11/h1H,(H,10,11). The number of hydrogen-bond acceptors (Lipinski definition) is 2. The molecule has 0 aliphatic heterocycles. The van der Waals surface area contributed by atoms with Crippen LogP contribution in [-0.2, 0) is 0 Å². The van der Waals surface area contributed by atoms with Crippen LogP contribution < -0.4 is 5.56 Å². The summed E-state index contributed by atoms with van der Waals surface area (Å²) in [6, 6.07) is 3.00. The number of hydrogen-bond donors (Lipinski definition) is 1. The Bertz CT molecular complexity index is 377. The van der Waals surface area contributed by atoms with Gasteiger partial charge in [0.15, 0.2) is 0 Å². The quantitative estimate of drug-likeness (QED) is 0.629. The Morgan fingerprint density at radius 2 is 2.18 bits per heavy atom. The Balaban J connectivity index is 3.47. The van der Waals surface area contributed by atoms with Crippen LogP contribution in [0.2, 0.25) is 10.2 Å². The molecule has 3 nitrogen and oxygen atoms in total. The van der Waals surface area contributed by atoms with Crippen LogP contribution in [0.25, 0.3) is 0 Å². The molecule has 0 aliphatic carbocycles. The SMILES string of the molecule is N#Cc1cc(Cl)c(=O)[nH]c1Cl. The molecule has 1 heterocycles. The van der Waals surface area contributed by atoms with Crippen molar-refractivity contribution in [1.82, 2.24) is 4.98 Å². The highest BCUT2D eigenvalue weighted by Crippen LogP contribution is 2.12. The van der Waals surface area contributed by atoms with Crippen LogP contribution in [0.15, 0.2) is 10.9 Å². The number of rotatable bonds is 0. The van der Waals surface area contributed by atoms with E-state index in [0.717, 1.165) is 0 Å². The molecule has 1 N–H and O–H groups in total. The molecule has 0 atom stereocenters. The molecule has 0 aromatic carbocycles. The highest BCUT2D eigenvalue weighted by molar-refractivity contribution is 6.32. The fraction of sp³-hybridized carbons (Fsp3) is 0. The van der Waals surface area contributed by atoms with E-state index in [0.29, 0.717) is 0 Å². The lowest BCUT2D eigenvalue weighted by atomic mass is 10.3. The predicted octanol–water partition coefficient (Wildman–Crippen LogP) is 1.55. The van der Waals surface area contributed by atoms with Gasteiger partial charge in [0.05, 0.1) is 5.56 Å². The lowest BCUT2D eigenvalue weighted by molar-refractivity contribution is 1.22. The van der Waals surface area contributed by atoms with Crippen molar-refractivity contribution in [1.29, 1.82) is 5.26 Å². The van der Waals surface area contributed by atoms with Crippen molar-refractivity contribution in [2.24, 2.45) is 0 Å². The van der Waals surface area contributed by atoms with E-state index in [1.807, 2.05) is 0 Å². The minimum absolute atomic E-state index is 0.0156. The number of H-pyrrole nitrogens is 1. The fourth-order valence-electron chi connectivity index (χ4n) is 0.564. The van der Waals surface area contributed by atoms with Gasteiger partial charge in [0, 0.05) is 0 Å². The molecular weight excluding hydrogens is 187 g/mol. The third-order valence-electron chi connectivity index (χ3n) is 1.07. The number of aromatic nitrogens is 1. The summed E-state index contributed by atoms with van der Waals surface area (Å²) in [5.74, 6) is 0. The number of pyridine rings is 1. The summed E-state index contributed by atoms with van der Waals surface area (Å²) in [4.78, 5) is 12.9. The first-order valence-electron chi connectivity index (χ1n) is 2.63. The third-order valence-corrected chi connectivity index (χ3v) is 1.65. The normalized spacial score (nSPS) is 9.18. The zero-order valence-electron chi connectivity index (χ0n) is 5.19. The molecule has 1 rings (SSSR count). The first kappa shape index (κ1) is 8.12. The number of nitrogens with one attached hydrogen (secondary N) is 1. The average Bonchev–Trinajstić information content (AvgIpc) is 1.97. The van der Waals surface area contributed by atoms with E-state index >= 15 is 0 Å². The van der Waals surface area contributed by atoms with Crippen LogP contribution in [-0.4, -0.2) is 4.98 Å². The summed E-state index contributed by atoms with van der Waals surface area (Å²) < 4.78 is 0. The Hall–Kier alpha value is -0.980. The molecule has 0 radical (unpaired) electrons. The van der Waals surface area contributed by atoms with E-state index in [2.05, 4.69) is 4.98 Å². The van der Waals surface area contributed by atoms with Gasteiger partial charge in [0.1, 0.15) is 16.2 Å². The molecule has 11 heavy (non-hydrogen) atoms. The minimum atomic E-state index is -0.490. The largest absolute Gasteiger partial charge is 0.311 e. The Morgan fingerprint density at radius 1 is 1.55 bits per heavy atom. The van der Waals surface area contributed by atoms with Gasteiger partial charge in [0.2, 0.25) is 0 Å². The van der Waals surface area contributed by atoms with Crippen molar-refractivity contribution in [2.45, 2.75) is 0 Å². The minimum Gasteiger partial charge on any atom is -0.311 e. The maximum absolute atomic E-state index is 10.7. The molecule has 1 aromatic heterocycles. The zero-order chi connectivity index (χ0) is 8.43. The number of aromatic amines is 1. The van der Waals surface area contributed by atoms with Gasteiger partial charge >= 0.3 is 0 Å². The van der Waals surface area contributed by atoms with Crippen molar-refractivity contribution < 1.29 is 0 Å². The first-order valence-corrected chi connectivity index (χ1v) is 3.39. The van der Waals surface area contributed by atoms with Gasteiger partial charge in [-0.05, 0) is 6.07 Å². The fourth-order valence-corrected chi connectivity index (χ4v) is 0.903. The van der Waals surface area contributed by atoms with Gasteiger partial charge in [-0.2, -0.15) is 5.26 Å². The Labute approximate surface area is 72.2 Å². The molecule has 0 bridgehead atoms. The Morgan fingerprint density at radius 3 is 2.73 bits per heavy atom. The van der Waals surface area contributed by atoms with E-state index in [9.17, 15) is 4.79 Å². The lowest BCUT2D eigenvalue weighted by Gasteiger charge is -1.93. The monoisotopic (exact) mass is 188 g/mol. The van der Waals surface area contributed by atoms with Crippen molar-refractivity contribution in [3.63, 3.8) is 0 Å². The average molecular weight is 189 g/mol. The highest BCUT2D eigenvalue weighted by atomic mass is 35.5. The van der Waals surface area contributed by atoms with E-state index in [-0.39, 0.29) is 15.7 Å². The number of nitriles is 1. The highest BCUT2D eigenvalue weighted by Gasteiger charge is 2.03. The van der Waals surface area contributed by atoms with Gasteiger partial charge in [-0.3, -0.25) is 4.79 Å². The molecule has 5 heteroatoms. The smallest absolute Gasteiger partial charge is 0.267 e. The van der Waals surface area contributed by atoms with E-state index < -0.39 is 5.56 Å². The van der Waals surface area contributed by atoms with Gasteiger partial charge in [0.25, 0.3) is 5.56 Å². The maximum Gasteiger partial charge on any atom is 0.267 e. The van der Waals surface area contributed by atoms with Gasteiger partial charge in [-0.1, -0.05) is 23.2 Å². The molecule has 0 unspecified atom stereocenters. The molecule has 0 saturated carbocycles. The molecule has 0 aliphatic rings. The van der Waals surface area contributed by atoms with E-state index in [4.69, 9.17) is 28.5 Å². The predicted molar refractivity (Wildman–Crippen MR) is 41.8 cm³/mol. The van der Waals surface area contributed by atoms with Crippen molar-refractivity contribution in [3.8, 4) is 6.07 Å². The van der Waals surface area contributed by atoms with Crippen molar-refractivity contribution in [2.75, 3.05) is 0 Å². The lowest BCUT2D eigenvalue weighted by Crippen LogP contribution is -2.06. The zero-order valence-corrected chi connectivity index (χ0v) is 6.70. The van der Waals surface area contributed by atoms with Crippen LogP contribution in [0.3, 0.4) is 0 Å². The topological polar surface area (TPSA) is 56.6 Å². The molecule has 56 valence electrons. The molecular formula is C6H2Cl2N2O. The molecule has 0 amide bonds. The molecule has 0 saturated heterocycles. The van der Waals surface area contributed by atoms with Gasteiger partial charge in [-0.15, -0.1) is 0 Å². The van der Waals surface area contributed by atoms with Crippen molar-refractivity contribution >= 4 is 23.2 Å². The first-order chi connectivity index (χ1) is 5.15. The summed E-state index contributed by atoms with van der Waals surface area (Å²) >= 11 is 10.9. The van der Waals surface area contributed by atoms with Crippen LogP contribution in [0.5, 0.6) is 0 Å². The number of nitrogens with zero attached hydrogens (tertiary/aromatic N) is 1. The van der Waals surface area contributed by atoms with Crippen LogP contribution in [0.1, 0.15) is 5.56 Å². The van der Waals surface area contributed by atoms with Crippen molar-refractivity contribution in [3.05, 3.63) is 32.2 Å². The molecule has 0 spiro atoms. The second kappa shape index (κ2) is 2.95. The van der Waals surface area contributed by atoms with Crippen LogP contribution in [0.4, 0.5) is 0 Å². The van der Waals surface area contributed by atoms with Gasteiger partial charge < -0.3 is 4.98 Å². The summed E-state index contributed by atoms with van der Waals surface area (Å²) in [5.41, 5.74) is -0.327. The van der Waals surface area contributed by atoms with Crippen LogP contribution in [0, 0.1) is 11.3 Å². The van der Waals surface area contributed by atoms with Crippen LogP contribution >= 0.6 is 23.2 Å². The third kappa shape index (κ3) is 1.53. The molecule has 0 fully saturated rings. The molecule has 1 aromatic rings. The second-order valence-corrected chi connectivity index (χ2v) is 2.57. The summed E-state index contributed by atoms with van der Waals surface area (Å²) in [6.45, 7) is 0. The van der Waals surface area contributed by atoms with E-state index in [1.54, 1.807) is 6.07 Å². The van der Waals surface area contributed by atoms with E-state index in [1.165, 1.54) is 6.07 Å². The second-order valence-electron chi connectivity index (χ2n) is 1.79. The maximum atomic E-state index is 10.7. The number of halogens is 2. The summed E-state index contributed by atoms with van der Waals surface area (Å²) in [5, 5.41) is 8.40. The summed E-state index contributed by atoms with van der Waals surface area (Å²) in [7, 11) is 0.